The number of rotatable bonds is 4. The third-order valence-corrected chi connectivity index (χ3v) is 3.53. The number of carbonyl (C=O) groups excluding carboxylic acids is 1. The number of nitrogens with one attached hydrogen (secondary N) is 2. The summed E-state index contributed by atoms with van der Waals surface area (Å²) in [6.07, 6.45) is 8.86. The lowest BCUT2D eigenvalue weighted by Crippen LogP contribution is -2.16. The Morgan fingerprint density at radius 2 is 2.14 bits per heavy atom. The molecule has 7 heteroatoms. The highest BCUT2D eigenvalue weighted by Crippen LogP contribution is 2.28. The average molecular weight is 294 g/mol. The lowest BCUT2D eigenvalue weighted by molar-refractivity contribution is 0.102. The SMILES string of the molecule is O=C(Nc1cnccc1NC1CC1)c1cc2ccnn2cn1. The molecule has 0 saturated heterocycles. The highest BCUT2D eigenvalue weighted by molar-refractivity contribution is 6.05. The maximum atomic E-state index is 12.4. The Bertz CT molecular complexity index is 839. The monoisotopic (exact) mass is 294 g/mol. The quantitative estimate of drug-likeness (QED) is 0.768. The van der Waals surface area contributed by atoms with Gasteiger partial charge in [0.05, 0.1) is 29.3 Å². The maximum Gasteiger partial charge on any atom is 0.274 e. The molecule has 0 spiro atoms. The smallest absolute Gasteiger partial charge is 0.274 e. The summed E-state index contributed by atoms with van der Waals surface area (Å²) in [5, 5.41) is 10.3. The minimum atomic E-state index is -0.268. The zero-order valence-corrected chi connectivity index (χ0v) is 11.7. The lowest BCUT2D eigenvalue weighted by Gasteiger charge is -2.11. The molecule has 0 aromatic carbocycles. The largest absolute Gasteiger partial charge is 0.381 e. The normalized spacial score (nSPS) is 14.0. The van der Waals surface area contributed by atoms with Gasteiger partial charge in [-0.15, -0.1) is 0 Å². The maximum absolute atomic E-state index is 12.4. The fourth-order valence-electron chi connectivity index (χ4n) is 2.21. The molecule has 3 aromatic rings. The molecule has 22 heavy (non-hydrogen) atoms. The van der Waals surface area contributed by atoms with Crippen molar-refractivity contribution in [3.63, 3.8) is 0 Å². The predicted octanol–water partition coefficient (Wildman–Crippen LogP) is 1.95. The first-order valence-corrected chi connectivity index (χ1v) is 7.11. The van der Waals surface area contributed by atoms with Crippen LogP contribution in [0.15, 0.2) is 43.1 Å². The fourth-order valence-corrected chi connectivity index (χ4v) is 2.21. The van der Waals surface area contributed by atoms with E-state index in [1.54, 1.807) is 29.2 Å². The zero-order valence-electron chi connectivity index (χ0n) is 11.7. The van der Waals surface area contributed by atoms with Gasteiger partial charge in [-0.2, -0.15) is 5.10 Å². The van der Waals surface area contributed by atoms with E-state index < -0.39 is 0 Å². The molecule has 0 radical (unpaired) electrons. The summed E-state index contributed by atoms with van der Waals surface area (Å²) >= 11 is 0. The molecule has 0 aliphatic heterocycles. The topological polar surface area (TPSA) is 84.2 Å². The van der Waals surface area contributed by atoms with Crippen LogP contribution in [0.4, 0.5) is 11.4 Å². The van der Waals surface area contributed by atoms with E-state index in [9.17, 15) is 4.79 Å². The first-order valence-electron chi connectivity index (χ1n) is 7.11. The molecule has 4 rings (SSSR count). The van der Waals surface area contributed by atoms with Gasteiger partial charge in [0.15, 0.2) is 0 Å². The van der Waals surface area contributed by atoms with Gasteiger partial charge < -0.3 is 10.6 Å². The molecule has 1 aliphatic rings. The minimum absolute atomic E-state index is 0.268. The van der Waals surface area contributed by atoms with Gasteiger partial charge >= 0.3 is 0 Å². The van der Waals surface area contributed by atoms with Crippen molar-refractivity contribution in [1.29, 1.82) is 0 Å². The van der Waals surface area contributed by atoms with Crippen molar-refractivity contribution in [2.24, 2.45) is 0 Å². The Kier molecular flexibility index (Phi) is 2.96. The molecule has 0 bridgehead atoms. The number of nitrogens with zero attached hydrogens (tertiary/aromatic N) is 4. The second-order valence-corrected chi connectivity index (χ2v) is 5.27. The molecule has 7 nitrogen and oxygen atoms in total. The third kappa shape index (κ3) is 2.48. The Morgan fingerprint density at radius 3 is 3.00 bits per heavy atom. The van der Waals surface area contributed by atoms with E-state index >= 15 is 0 Å². The molecule has 0 unspecified atom stereocenters. The van der Waals surface area contributed by atoms with Gasteiger partial charge in [0, 0.05) is 12.2 Å². The molecule has 110 valence electrons. The van der Waals surface area contributed by atoms with Crippen molar-refractivity contribution in [1.82, 2.24) is 19.6 Å². The Morgan fingerprint density at radius 1 is 1.23 bits per heavy atom. The van der Waals surface area contributed by atoms with Gasteiger partial charge in [-0.1, -0.05) is 0 Å². The highest BCUT2D eigenvalue weighted by Gasteiger charge is 2.22. The second-order valence-electron chi connectivity index (χ2n) is 5.27. The van der Waals surface area contributed by atoms with Crippen molar-refractivity contribution in [2.75, 3.05) is 10.6 Å². The standard InChI is InChI=1S/C15H14N6O/c22-15(13-7-11-3-6-18-21(11)9-17-13)20-14-8-16-5-4-12(14)19-10-1-2-10/h3-10H,1-2H2,(H,16,19)(H,20,22). The molecule has 3 aromatic heterocycles. The van der Waals surface area contributed by atoms with Crippen molar-refractivity contribution in [2.45, 2.75) is 18.9 Å². The summed E-state index contributed by atoms with van der Waals surface area (Å²) in [6, 6.07) is 5.89. The summed E-state index contributed by atoms with van der Waals surface area (Å²) in [5.74, 6) is -0.268. The van der Waals surface area contributed by atoms with Crippen LogP contribution in [0.25, 0.3) is 5.52 Å². The Labute approximate surface area is 126 Å². The summed E-state index contributed by atoms with van der Waals surface area (Å²) in [6.45, 7) is 0. The molecular formula is C15H14N6O. The van der Waals surface area contributed by atoms with Crippen molar-refractivity contribution >= 4 is 22.8 Å². The number of pyridine rings is 1. The first kappa shape index (κ1) is 12.8. The number of hydrogen-bond acceptors (Lipinski definition) is 5. The van der Waals surface area contributed by atoms with Crippen LogP contribution in [0.5, 0.6) is 0 Å². The van der Waals surface area contributed by atoms with E-state index in [1.165, 1.54) is 6.33 Å². The fraction of sp³-hybridized carbons (Fsp3) is 0.200. The van der Waals surface area contributed by atoms with Crippen molar-refractivity contribution in [3.05, 3.63) is 48.8 Å². The van der Waals surface area contributed by atoms with Crippen LogP contribution < -0.4 is 10.6 Å². The van der Waals surface area contributed by atoms with Crippen LogP contribution in [0, 0.1) is 0 Å². The van der Waals surface area contributed by atoms with E-state index in [4.69, 9.17) is 0 Å². The summed E-state index contributed by atoms with van der Waals surface area (Å²) in [5.41, 5.74) is 2.71. The van der Waals surface area contributed by atoms with E-state index in [0.717, 1.165) is 24.0 Å². The van der Waals surface area contributed by atoms with Crippen molar-refractivity contribution in [3.8, 4) is 0 Å². The van der Waals surface area contributed by atoms with Gasteiger partial charge in [0.25, 0.3) is 5.91 Å². The van der Waals surface area contributed by atoms with E-state index in [1.807, 2.05) is 12.1 Å². The Balaban J connectivity index is 1.58. The first-order chi connectivity index (χ1) is 10.8. The van der Waals surface area contributed by atoms with Crippen LogP contribution in [0.2, 0.25) is 0 Å². The number of hydrogen-bond donors (Lipinski definition) is 2. The molecule has 0 atom stereocenters. The van der Waals surface area contributed by atoms with E-state index in [0.29, 0.717) is 17.4 Å². The molecule has 2 N–H and O–H groups in total. The number of amides is 1. The predicted molar refractivity (Wildman–Crippen MR) is 81.8 cm³/mol. The van der Waals surface area contributed by atoms with Gasteiger partial charge in [-0.25, -0.2) is 9.50 Å². The second kappa shape index (κ2) is 5.10. The molecule has 3 heterocycles. The van der Waals surface area contributed by atoms with Gasteiger partial charge in [-0.3, -0.25) is 9.78 Å². The van der Waals surface area contributed by atoms with Crippen LogP contribution in [0.3, 0.4) is 0 Å². The summed E-state index contributed by atoms with van der Waals surface area (Å²) in [7, 11) is 0. The molecule has 1 fully saturated rings. The molecular weight excluding hydrogens is 280 g/mol. The number of fused-ring (bicyclic) bond motifs is 1. The Hall–Kier alpha value is -2.96. The zero-order chi connectivity index (χ0) is 14.9. The summed E-state index contributed by atoms with van der Waals surface area (Å²) in [4.78, 5) is 20.6. The summed E-state index contributed by atoms with van der Waals surface area (Å²) < 4.78 is 1.61. The van der Waals surface area contributed by atoms with Gasteiger partial charge in [0.2, 0.25) is 0 Å². The van der Waals surface area contributed by atoms with Crippen LogP contribution >= 0.6 is 0 Å². The van der Waals surface area contributed by atoms with Crippen molar-refractivity contribution < 1.29 is 4.79 Å². The number of carbonyl (C=O) groups is 1. The highest BCUT2D eigenvalue weighted by atomic mass is 16.1. The third-order valence-electron chi connectivity index (χ3n) is 3.53. The van der Waals surface area contributed by atoms with Gasteiger partial charge in [-0.05, 0) is 31.0 Å². The van der Waals surface area contributed by atoms with E-state index in [-0.39, 0.29) is 5.91 Å². The molecule has 1 amide bonds. The van der Waals surface area contributed by atoms with Crippen LogP contribution in [0.1, 0.15) is 23.3 Å². The van der Waals surface area contributed by atoms with E-state index in [2.05, 4.69) is 25.7 Å². The minimum Gasteiger partial charge on any atom is -0.381 e. The lowest BCUT2D eigenvalue weighted by atomic mass is 10.3. The van der Waals surface area contributed by atoms with Gasteiger partial charge in [0.1, 0.15) is 12.0 Å². The number of anilines is 2. The number of aromatic nitrogens is 4. The molecule has 1 saturated carbocycles. The van der Waals surface area contributed by atoms with Crippen LogP contribution in [-0.2, 0) is 0 Å². The average Bonchev–Trinajstić information content (AvgIpc) is 3.22. The molecule has 1 aliphatic carbocycles. The van der Waals surface area contributed by atoms with Crippen LogP contribution in [-0.4, -0.2) is 31.5 Å².